The summed E-state index contributed by atoms with van der Waals surface area (Å²) in [7, 11) is 0. The van der Waals surface area contributed by atoms with Gasteiger partial charge in [-0.15, -0.1) is 0 Å². The van der Waals surface area contributed by atoms with Gasteiger partial charge in [-0.05, 0) is 98.3 Å². The second-order valence-electron chi connectivity index (χ2n) is 9.75. The van der Waals surface area contributed by atoms with E-state index in [0.29, 0.717) is 11.2 Å². The van der Waals surface area contributed by atoms with Crippen LogP contribution in [0.15, 0.2) is 18.2 Å². The van der Waals surface area contributed by atoms with Crippen LogP contribution in [0.25, 0.3) is 0 Å². The molecule has 1 N–H and O–H groups in total. The number of hydrogen-bond acceptors (Lipinski definition) is 1. The van der Waals surface area contributed by atoms with E-state index in [-0.39, 0.29) is 0 Å². The van der Waals surface area contributed by atoms with Crippen molar-refractivity contribution in [2.45, 2.75) is 104 Å². The lowest BCUT2D eigenvalue weighted by atomic mass is 9.96. The van der Waals surface area contributed by atoms with Gasteiger partial charge in [0.1, 0.15) is 5.75 Å². The molecule has 0 amide bonds. The summed E-state index contributed by atoms with van der Waals surface area (Å²) in [5.41, 5.74) is 4.06. The number of rotatable bonds is 12. The minimum absolute atomic E-state index is 0.461. The number of phenols is 1. The number of aryl methyl sites for hydroxylation is 2. The van der Waals surface area contributed by atoms with Crippen molar-refractivity contribution >= 4 is 0 Å². The molecule has 140 valence electrons. The van der Waals surface area contributed by atoms with Crippen LogP contribution in [-0.2, 0) is 12.8 Å². The van der Waals surface area contributed by atoms with Crippen LogP contribution >= 0.6 is 0 Å². The summed E-state index contributed by atoms with van der Waals surface area (Å²) < 4.78 is 0. The van der Waals surface area contributed by atoms with E-state index < -0.39 is 0 Å². The number of aromatic hydroxyl groups is 1. The molecule has 2 aliphatic carbocycles. The van der Waals surface area contributed by atoms with Gasteiger partial charge in [-0.25, -0.2) is 0 Å². The monoisotopic (exact) mass is 342 g/mol. The fraction of sp³-hybridized carbons (Fsp3) is 0.750. The van der Waals surface area contributed by atoms with Crippen molar-refractivity contribution in [3.63, 3.8) is 0 Å². The number of phenolic OH excluding ortho intramolecular Hbond substituents is 1. The van der Waals surface area contributed by atoms with E-state index >= 15 is 0 Å². The molecule has 0 aliphatic heterocycles. The van der Waals surface area contributed by atoms with Crippen LogP contribution in [0.5, 0.6) is 5.75 Å². The van der Waals surface area contributed by atoms with Crippen molar-refractivity contribution in [3.8, 4) is 5.75 Å². The molecule has 0 saturated heterocycles. The molecule has 0 radical (unpaired) electrons. The van der Waals surface area contributed by atoms with Crippen molar-refractivity contribution in [2.24, 2.45) is 10.8 Å². The molecule has 1 nitrogen and oxygen atoms in total. The summed E-state index contributed by atoms with van der Waals surface area (Å²) in [4.78, 5) is 0. The van der Waals surface area contributed by atoms with Gasteiger partial charge in [0.25, 0.3) is 0 Å². The average molecular weight is 343 g/mol. The summed E-state index contributed by atoms with van der Waals surface area (Å²) >= 11 is 0. The van der Waals surface area contributed by atoms with Crippen molar-refractivity contribution in [2.75, 3.05) is 0 Å². The topological polar surface area (TPSA) is 20.2 Å². The van der Waals surface area contributed by atoms with Gasteiger partial charge < -0.3 is 5.11 Å². The van der Waals surface area contributed by atoms with Gasteiger partial charge in [0.05, 0.1) is 0 Å². The molecule has 0 spiro atoms. The minimum Gasteiger partial charge on any atom is -0.508 e. The minimum atomic E-state index is 0.461. The first-order chi connectivity index (χ1) is 12.0. The maximum absolute atomic E-state index is 10.0. The highest BCUT2D eigenvalue weighted by Crippen LogP contribution is 2.49. The fourth-order valence-corrected chi connectivity index (χ4v) is 4.07. The van der Waals surface area contributed by atoms with Crippen LogP contribution in [0.2, 0.25) is 0 Å². The predicted octanol–water partition coefficient (Wildman–Crippen LogP) is 7.20. The average Bonchev–Trinajstić information content (AvgIpc) is 3.47. The zero-order valence-electron chi connectivity index (χ0n) is 16.6. The van der Waals surface area contributed by atoms with Gasteiger partial charge in [-0.3, -0.25) is 0 Å². The summed E-state index contributed by atoms with van der Waals surface area (Å²) in [6, 6.07) is 6.28. The number of benzene rings is 1. The Balaban J connectivity index is 1.32. The highest BCUT2D eigenvalue weighted by atomic mass is 16.3. The van der Waals surface area contributed by atoms with Crippen LogP contribution in [0.4, 0.5) is 0 Å². The lowest BCUT2D eigenvalue weighted by Crippen LogP contribution is -1.95. The number of hydrogen-bond donors (Lipinski definition) is 1. The van der Waals surface area contributed by atoms with Gasteiger partial charge in [-0.1, -0.05) is 45.6 Å². The second-order valence-corrected chi connectivity index (χ2v) is 9.75. The summed E-state index contributed by atoms with van der Waals surface area (Å²) in [6.07, 6.45) is 18.8. The Morgan fingerprint density at radius 3 is 1.64 bits per heavy atom. The third-order valence-electron chi connectivity index (χ3n) is 6.74. The standard InChI is InChI=1S/C24H38O/c1-23(13-14-23)11-7-4-3-5-9-20-17-21(19-22(25)18-20)10-6-8-12-24(2)15-16-24/h17-19,25H,3-16H2,1-2H3. The zero-order chi connectivity index (χ0) is 17.8. The number of unbranched alkanes of at least 4 members (excludes halogenated alkanes) is 4. The van der Waals surface area contributed by atoms with Crippen LogP contribution < -0.4 is 0 Å². The van der Waals surface area contributed by atoms with Crippen LogP contribution in [0.1, 0.15) is 102 Å². The molecule has 0 heterocycles. The highest BCUT2D eigenvalue weighted by molar-refractivity contribution is 5.33. The molecule has 0 unspecified atom stereocenters. The molecule has 3 rings (SSSR count). The first kappa shape index (κ1) is 18.8. The van der Waals surface area contributed by atoms with Gasteiger partial charge in [0, 0.05) is 0 Å². The third-order valence-corrected chi connectivity index (χ3v) is 6.74. The Kier molecular flexibility index (Phi) is 6.12. The molecule has 25 heavy (non-hydrogen) atoms. The first-order valence-electron chi connectivity index (χ1n) is 10.8. The summed E-state index contributed by atoms with van der Waals surface area (Å²) in [5, 5.41) is 10.0. The Morgan fingerprint density at radius 2 is 1.12 bits per heavy atom. The molecular weight excluding hydrogens is 304 g/mol. The van der Waals surface area contributed by atoms with E-state index in [1.165, 1.54) is 88.2 Å². The van der Waals surface area contributed by atoms with E-state index in [4.69, 9.17) is 0 Å². The molecule has 0 bridgehead atoms. The van der Waals surface area contributed by atoms with E-state index in [1.807, 2.05) is 12.1 Å². The largest absolute Gasteiger partial charge is 0.508 e. The zero-order valence-corrected chi connectivity index (χ0v) is 16.6. The molecule has 2 aliphatic rings. The Morgan fingerprint density at radius 1 is 0.680 bits per heavy atom. The van der Waals surface area contributed by atoms with Crippen LogP contribution in [0.3, 0.4) is 0 Å². The van der Waals surface area contributed by atoms with Gasteiger partial charge in [0.2, 0.25) is 0 Å². The Labute approximate surface area is 155 Å². The lowest BCUT2D eigenvalue weighted by Gasteiger charge is -2.10. The second kappa shape index (κ2) is 8.14. The molecule has 2 fully saturated rings. The Bertz CT molecular complexity index is 551. The van der Waals surface area contributed by atoms with Crippen molar-refractivity contribution < 1.29 is 5.11 Å². The van der Waals surface area contributed by atoms with Gasteiger partial charge >= 0.3 is 0 Å². The van der Waals surface area contributed by atoms with Crippen molar-refractivity contribution in [1.82, 2.24) is 0 Å². The van der Waals surface area contributed by atoms with E-state index in [1.54, 1.807) is 0 Å². The van der Waals surface area contributed by atoms with Crippen molar-refractivity contribution in [3.05, 3.63) is 29.3 Å². The Hall–Kier alpha value is -0.980. The van der Waals surface area contributed by atoms with E-state index in [2.05, 4.69) is 19.9 Å². The van der Waals surface area contributed by atoms with Crippen LogP contribution in [0, 0.1) is 10.8 Å². The molecular formula is C24H38O. The first-order valence-corrected chi connectivity index (χ1v) is 10.8. The molecule has 0 atom stereocenters. The summed E-state index contributed by atoms with van der Waals surface area (Å²) in [6.45, 7) is 4.86. The molecule has 1 aromatic rings. The van der Waals surface area contributed by atoms with E-state index in [9.17, 15) is 5.11 Å². The summed E-state index contributed by atoms with van der Waals surface area (Å²) in [5.74, 6) is 0.461. The maximum atomic E-state index is 10.0. The fourth-order valence-electron chi connectivity index (χ4n) is 4.07. The third kappa shape index (κ3) is 6.68. The van der Waals surface area contributed by atoms with Gasteiger partial charge in [-0.2, -0.15) is 0 Å². The lowest BCUT2D eigenvalue weighted by molar-refractivity contribution is 0.468. The van der Waals surface area contributed by atoms with Crippen LogP contribution in [-0.4, -0.2) is 5.11 Å². The van der Waals surface area contributed by atoms with E-state index in [0.717, 1.165) is 18.3 Å². The quantitative estimate of drug-likeness (QED) is 0.398. The maximum Gasteiger partial charge on any atom is 0.116 e. The molecule has 1 heteroatoms. The predicted molar refractivity (Wildman–Crippen MR) is 107 cm³/mol. The van der Waals surface area contributed by atoms with Crippen molar-refractivity contribution in [1.29, 1.82) is 0 Å². The normalized spacial score (nSPS) is 19.8. The highest BCUT2D eigenvalue weighted by Gasteiger charge is 2.36. The molecule has 0 aromatic heterocycles. The van der Waals surface area contributed by atoms with Gasteiger partial charge in [0.15, 0.2) is 0 Å². The smallest absolute Gasteiger partial charge is 0.116 e. The SMILES string of the molecule is CC1(CCCCCCc2cc(O)cc(CCCCC3(C)CC3)c2)CC1. The molecule has 2 saturated carbocycles. The molecule has 1 aromatic carbocycles.